The summed E-state index contributed by atoms with van der Waals surface area (Å²) in [6.07, 6.45) is 0.251. The van der Waals surface area contributed by atoms with E-state index >= 15 is 0 Å². The predicted molar refractivity (Wildman–Crippen MR) is 148 cm³/mol. The fourth-order valence-corrected chi connectivity index (χ4v) is 4.74. The number of halogens is 1. The molecular weight excluding hydrogens is 512 g/mol. The van der Waals surface area contributed by atoms with Crippen LogP contribution in [0.4, 0.5) is 10.7 Å². The highest BCUT2D eigenvalue weighted by Crippen LogP contribution is 2.35. The number of aryl methyl sites for hydroxylation is 2. The molecule has 2 amide bonds. The molecule has 0 saturated heterocycles. The molecule has 7 nitrogen and oxygen atoms in total. The Hall–Kier alpha value is -3.36. The van der Waals surface area contributed by atoms with Crippen LogP contribution in [0, 0.1) is 20.8 Å². The van der Waals surface area contributed by atoms with Crippen molar-refractivity contribution in [3.63, 3.8) is 0 Å². The molecule has 1 atom stereocenters. The zero-order chi connectivity index (χ0) is 27.1. The molecule has 196 valence electrons. The van der Waals surface area contributed by atoms with E-state index in [9.17, 15) is 14.4 Å². The van der Waals surface area contributed by atoms with Gasteiger partial charge >= 0.3 is 5.97 Å². The van der Waals surface area contributed by atoms with Crippen molar-refractivity contribution in [1.29, 1.82) is 0 Å². The molecule has 0 aliphatic carbocycles. The number of thiophene rings is 1. The van der Waals surface area contributed by atoms with Gasteiger partial charge in [-0.1, -0.05) is 31.5 Å². The van der Waals surface area contributed by atoms with Crippen molar-refractivity contribution in [3.8, 4) is 5.75 Å². The third-order valence-corrected chi connectivity index (χ3v) is 7.21. The molecule has 2 N–H and O–H groups in total. The minimum absolute atomic E-state index is 0.161. The van der Waals surface area contributed by atoms with Crippen molar-refractivity contribution in [2.75, 3.05) is 17.2 Å². The number of rotatable bonds is 10. The second-order valence-electron chi connectivity index (χ2n) is 8.61. The summed E-state index contributed by atoms with van der Waals surface area (Å²) >= 11 is 6.95. The molecule has 1 aromatic heterocycles. The van der Waals surface area contributed by atoms with Crippen LogP contribution in [0.3, 0.4) is 0 Å². The first kappa shape index (κ1) is 28.2. The Balaban J connectivity index is 1.88. The van der Waals surface area contributed by atoms with E-state index in [-0.39, 0.29) is 22.0 Å². The molecule has 0 saturated carbocycles. The Morgan fingerprint density at radius 2 is 1.68 bits per heavy atom. The molecule has 0 aliphatic heterocycles. The summed E-state index contributed by atoms with van der Waals surface area (Å²) in [5, 5.41) is 6.40. The Bertz CT molecular complexity index is 1290. The van der Waals surface area contributed by atoms with Crippen LogP contribution in [0.15, 0.2) is 42.5 Å². The fraction of sp³-hybridized carbons (Fsp3) is 0.321. The van der Waals surface area contributed by atoms with Crippen molar-refractivity contribution in [1.82, 2.24) is 0 Å². The summed E-state index contributed by atoms with van der Waals surface area (Å²) in [7, 11) is 0. The van der Waals surface area contributed by atoms with Gasteiger partial charge in [-0.2, -0.15) is 0 Å². The molecule has 37 heavy (non-hydrogen) atoms. The lowest BCUT2D eigenvalue weighted by molar-refractivity contribution is -0.122. The van der Waals surface area contributed by atoms with Crippen LogP contribution in [0.25, 0.3) is 0 Å². The molecule has 0 bridgehead atoms. The van der Waals surface area contributed by atoms with E-state index in [0.717, 1.165) is 22.5 Å². The number of esters is 1. The van der Waals surface area contributed by atoms with Crippen molar-refractivity contribution in [2.24, 2.45) is 0 Å². The first-order valence-corrected chi connectivity index (χ1v) is 13.3. The Labute approximate surface area is 226 Å². The van der Waals surface area contributed by atoms with Crippen LogP contribution in [0.5, 0.6) is 5.75 Å². The quantitative estimate of drug-likeness (QED) is 0.270. The average Bonchev–Trinajstić information content (AvgIpc) is 3.20. The molecule has 0 fully saturated rings. The van der Waals surface area contributed by atoms with Gasteiger partial charge in [0.25, 0.3) is 11.8 Å². The largest absolute Gasteiger partial charge is 0.481 e. The van der Waals surface area contributed by atoms with Crippen LogP contribution in [-0.4, -0.2) is 30.5 Å². The van der Waals surface area contributed by atoms with E-state index in [1.165, 1.54) is 0 Å². The molecular formula is C28H31ClN2O5S. The topological polar surface area (TPSA) is 93.7 Å². The second-order valence-corrected chi connectivity index (χ2v) is 10.1. The third kappa shape index (κ3) is 7.11. The summed E-state index contributed by atoms with van der Waals surface area (Å²) in [5.74, 6) is -0.845. The smallest absolute Gasteiger partial charge is 0.341 e. The first-order valence-electron chi connectivity index (χ1n) is 12.1. The number of benzene rings is 2. The number of hydrogen-bond acceptors (Lipinski definition) is 6. The average molecular weight is 543 g/mol. The van der Waals surface area contributed by atoms with Crippen molar-refractivity contribution < 1.29 is 23.9 Å². The van der Waals surface area contributed by atoms with Gasteiger partial charge in [-0.05, 0) is 86.7 Å². The Morgan fingerprint density at radius 1 is 0.973 bits per heavy atom. The van der Waals surface area contributed by atoms with E-state index in [4.69, 9.17) is 21.1 Å². The number of anilines is 2. The third-order valence-electron chi connectivity index (χ3n) is 5.75. The molecule has 1 unspecified atom stereocenters. The van der Waals surface area contributed by atoms with Crippen LogP contribution in [0.2, 0.25) is 5.02 Å². The van der Waals surface area contributed by atoms with Gasteiger partial charge in [-0.3, -0.25) is 9.59 Å². The first-order chi connectivity index (χ1) is 17.6. The molecule has 2 aromatic carbocycles. The van der Waals surface area contributed by atoms with Crippen LogP contribution < -0.4 is 15.4 Å². The zero-order valence-electron chi connectivity index (χ0n) is 21.6. The maximum absolute atomic E-state index is 13.2. The van der Waals surface area contributed by atoms with E-state index in [1.54, 1.807) is 31.2 Å². The highest BCUT2D eigenvalue weighted by atomic mass is 35.5. The van der Waals surface area contributed by atoms with Gasteiger partial charge < -0.3 is 20.1 Å². The van der Waals surface area contributed by atoms with Crippen molar-refractivity contribution >= 4 is 51.4 Å². The van der Waals surface area contributed by atoms with Crippen LogP contribution in [-0.2, 0) is 9.53 Å². The lowest BCUT2D eigenvalue weighted by atomic mass is 10.1. The highest BCUT2D eigenvalue weighted by molar-refractivity contribution is 7.19. The van der Waals surface area contributed by atoms with Gasteiger partial charge in [0.15, 0.2) is 6.10 Å². The number of nitrogens with one attached hydrogen (secondary N) is 2. The number of carbonyl (C=O) groups excluding carboxylic acids is 3. The second kappa shape index (κ2) is 12.7. The minimum atomic E-state index is -0.796. The molecule has 3 aromatic rings. The molecule has 3 rings (SSSR count). The fourth-order valence-electron chi connectivity index (χ4n) is 3.52. The van der Waals surface area contributed by atoms with E-state index in [0.29, 0.717) is 34.9 Å². The Morgan fingerprint density at radius 3 is 2.30 bits per heavy atom. The highest BCUT2D eigenvalue weighted by Gasteiger charge is 2.29. The molecule has 0 spiro atoms. The maximum Gasteiger partial charge on any atom is 0.341 e. The van der Waals surface area contributed by atoms with E-state index in [1.807, 2.05) is 45.9 Å². The van der Waals surface area contributed by atoms with Crippen molar-refractivity contribution in [2.45, 2.75) is 53.6 Å². The van der Waals surface area contributed by atoms with E-state index < -0.39 is 23.9 Å². The van der Waals surface area contributed by atoms with Gasteiger partial charge in [0.2, 0.25) is 0 Å². The normalized spacial score (nSPS) is 11.5. The van der Waals surface area contributed by atoms with Gasteiger partial charge in [0, 0.05) is 10.7 Å². The zero-order valence-corrected chi connectivity index (χ0v) is 23.1. The summed E-state index contributed by atoms with van der Waals surface area (Å²) in [6, 6.07) is 12.3. The lowest BCUT2D eigenvalue weighted by Crippen LogP contribution is -2.32. The maximum atomic E-state index is 13.2. The SMILES string of the molecule is CCCOC(=O)c1c(NC(=O)C(CC)Oc2ccc(C)c(C)c2)sc(C(=O)Nc2ccc(Cl)cc2)c1C. The standard InChI is InChI=1S/C28H31ClN2O5S/c1-6-14-35-28(34)23-18(5)24(26(33)30-20-11-9-19(29)10-12-20)37-27(23)31-25(32)22(7-2)36-21-13-8-16(3)17(4)15-21/h8-13,15,22H,6-7,14H2,1-5H3,(H,30,33)(H,31,32). The Kier molecular flexibility index (Phi) is 9.72. The number of hydrogen-bond donors (Lipinski definition) is 2. The summed E-state index contributed by atoms with van der Waals surface area (Å²) in [6.45, 7) is 9.59. The molecule has 0 radical (unpaired) electrons. The summed E-state index contributed by atoms with van der Waals surface area (Å²) in [5.41, 5.74) is 3.32. The van der Waals surface area contributed by atoms with E-state index in [2.05, 4.69) is 10.6 Å². The minimum Gasteiger partial charge on any atom is -0.481 e. The summed E-state index contributed by atoms with van der Waals surface area (Å²) in [4.78, 5) is 39.5. The number of carbonyl (C=O) groups is 3. The monoisotopic (exact) mass is 542 g/mol. The summed E-state index contributed by atoms with van der Waals surface area (Å²) < 4.78 is 11.3. The number of ether oxygens (including phenoxy) is 2. The van der Waals surface area contributed by atoms with Gasteiger partial charge in [-0.25, -0.2) is 4.79 Å². The van der Waals surface area contributed by atoms with Gasteiger partial charge in [-0.15, -0.1) is 11.3 Å². The molecule has 9 heteroatoms. The van der Waals surface area contributed by atoms with Crippen molar-refractivity contribution in [3.05, 3.63) is 74.6 Å². The van der Waals surface area contributed by atoms with Crippen LogP contribution >= 0.6 is 22.9 Å². The molecule has 1 heterocycles. The predicted octanol–water partition coefficient (Wildman–Crippen LogP) is 6.94. The lowest BCUT2D eigenvalue weighted by Gasteiger charge is -2.18. The van der Waals surface area contributed by atoms with Crippen LogP contribution in [0.1, 0.15) is 63.4 Å². The molecule has 0 aliphatic rings. The van der Waals surface area contributed by atoms with Gasteiger partial charge in [0.1, 0.15) is 10.8 Å². The number of amides is 2. The van der Waals surface area contributed by atoms with Gasteiger partial charge in [0.05, 0.1) is 17.0 Å².